The maximum atomic E-state index is 12.7. The minimum Gasteiger partial charge on any atom is -0.344 e. The number of thioether (sulfide) groups is 1. The van der Waals surface area contributed by atoms with Crippen molar-refractivity contribution in [2.75, 3.05) is 5.75 Å². The van der Waals surface area contributed by atoms with Gasteiger partial charge in [0.25, 0.3) is 0 Å². The van der Waals surface area contributed by atoms with E-state index in [9.17, 15) is 4.79 Å². The summed E-state index contributed by atoms with van der Waals surface area (Å²) in [5.41, 5.74) is 4.17. The van der Waals surface area contributed by atoms with Crippen molar-refractivity contribution in [2.24, 2.45) is 0 Å². The molecule has 3 aromatic rings. The number of hydrogen-bond acceptors (Lipinski definition) is 2. The number of carbonyl (C=O) groups is 1. The molecule has 3 rings (SSSR count). The first-order chi connectivity index (χ1) is 13.6. The molecule has 1 atom stereocenters. The van der Waals surface area contributed by atoms with Crippen LogP contribution in [0.15, 0.2) is 72.8 Å². The summed E-state index contributed by atoms with van der Waals surface area (Å²) in [5, 5.41) is 4.43. The molecule has 1 N–H and O–H groups in total. The topological polar surface area (TPSA) is 29.1 Å². The van der Waals surface area contributed by atoms with Gasteiger partial charge in [-0.2, -0.15) is 0 Å². The summed E-state index contributed by atoms with van der Waals surface area (Å²) >= 11 is 13.9. The highest BCUT2D eigenvalue weighted by atomic mass is 35.5. The van der Waals surface area contributed by atoms with Crippen LogP contribution < -0.4 is 5.32 Å². The van der Waals surface area contributed by atoms with Gasteiger partial charge in [0.1, 0.15) is 0 Å². The lowest BCUT2D eigenvalue weighted by atomic mass is 9.95. The first-order valence-electron chi connectivity index (χ1n) is 8.96. The SMILES string of the molecule is Cc1ccccc1[C@@H](NC(=O)CSCc1c(Cl)cccc1Cl)c1ccccc1. The van der Waals surface area contributed by atoms with E-state index in [2.05, 4.69) is 24.4 Å². The number of rotatable bonds is 7. The van der Waals surface area contributed by atoms with Crippen LogP contribution in [0.5, 0.6) is 0 Å². The first kappa shape index (κ1) is 20.8. The molecular weight excluding hydrogens is 409 g/mol. The summed E-state index contributed by atoms with van der Waals surface area (Å²) in [5.74, 6) is 0.897. The van der Waals surface area contributed by atoms with Gasteiger partial charge in [-0.15, -0.1) is 11.8 Å². The van der Waals surface area contributed by atoms with Crippen molar-refractivity contribution in [3.63, 3.8) is 0 Å². The van der Waals surface area contributed by atoms with Gasteiger partial charge in [0, 0.05) is 15.8 Å². The average molecular weight is 430 g/mol. The normalized spacial score (nSPS) is 11.8. The van der Waals surface area contributed by atoms with Crippen LogP contribution in [0.25, 0.3) is 0 Å². The van der Waals surface area contributed by atoms with Crippen LogP contribution in [0.1, 0.15) is 28.3 Å². The van der Waals surface area contributed by atoms with Gasteiger partial charge < -0.3 is 5.32 Å². The van der Waals surface area contributed by atoms with Gasteiger partial charge in [-0.05, 0) is 41.3 Å². The number of hydrogen-bond donors (Lipinski definition) is 1. The maximum absolute atomic E-state index is 12.7. The molecule has 0 aliphatic rings. The van der Waals surface area contributed by atoms with Crippen molar-refractivity contribution < 1.29 is 4.79 Å². The molecule has 1 amide bonds. The van der Waals surface area contributed by atoms with Crippen LogP contribution in [0.2, 0.25) is 10.0 Å². The third-order valence-electron chi connectivity index (χ3n) is 4.48. The Balaban J connectivity index is 1.69. The second-order valence-corrected chi connectivity index (χ2v) is 8.26. The molecular formula is C23H21Cl2NOS. The van der Waals surface area contributed by atoms with E-state index in [-0.39, 0.29) is 11.9 Å². The molecule has 0 saturated carbocycles. The van der Waals surface area contributed by atoms with Gasteiger partial charge in [0.2, 0.25) is 5.91 Å². The van der Waals surface area contributed by atoms with Gasteiger partial charge in [-0.25, -0.2) is 0 Å². The van der Waals surface area contributed by atoms with E-state index in [0.717, 1.165) is 22.3 Å². The average Bonchev–Trinajstić information content (AvgIpc) is 2.70. The predicted octanol–water partition coefficient (Wildman–Crippen LogP) is 6.44. The second kappa shape index (κ2) is 10.0. The molecule has 28 heavy (non-hydrogen) atoms. The maximum Gasteiger partial charge on any atom is 0.230 e. The number of carbonyl (C=O) groups excluding carboxylic acids is 1. The fraction of sp³-hybridized carbons (Fsp3) is 0.174. The van der Waals surface area contributed by atoms with E-state index < -0.39 is 0 Å². The zero-order valence-corrected chi connectivity index (χ0v) is 17.8. The Kier molecular flexibility index (Phi) is 7.43. The van der Waals surface area contributed by atoms with Crippen molar-refractivity contribution in [1.82, 2.24) is 5.32 Å². The molecule has 3 aromatic carbocycles. The number of benzene rings is 3. The summed E-state index contributed by atoms with van der Waals surface area (Å²) in [6.07, 6.45) is 0. The van der Waals surface area contributed by atoms with Crippen LogP contribution in [0, 0.1) is 6.92 Å². The summed E-state index contributed by atoms with van der Waals surface area (Å²) < 4.78 is 0. The molecule has 0 spiro atoms. The zero-order chi connectivity index (χ0) is 19.9. The van der Waals surface area contributed by atoms with Crippen molar-refractivity contribution in [3.8, 4) is 0 Å². The molecule has 0 fully saturated rings. The zero-order valence-electron chi connectivity index (χ0n) is 15.5. The van der Waals surface area contributed by atoms with Crippen LogP contribution in [-0.4, -0.2) is 11.7 Å². The number of aryl methyl sites for hydroxylation is 1. The Morgan fingerprint density at radius 3 is 2.25 bits per heavy atom. The van der Waals surface area contributed by atoms with Crippen molar-refractivity contribution in [3.05, 3.63) is 105 Å². The molecule has 0 unspecified atom stereocenters. The Hall–Kier alpha value is -1.94. The van der Waals surface area contributed by atoms with E-state index in [4.69, 9.17) is 23.2 Å². The highest BCUT2D eigenvalue weighted by Crippen LogP contribution is 2.29. The molecule has 2 nitrogen and oxygen atoms in total. The summed E-state index contributed by atoms with van der Waals surface area (Å²) in [4.78, 5) is 12.7. The largest absolute Gasteiger partial charge is 0.344 e. The first-order valence-corrected chi connectivity index (χ1v) is 10.9. The number of amides is 1. The summed E-state index contributed by atoms with van der Waals surface area (Å²) in [7, 11) is 0. The Morgan fingerprint density at radius 2 is 1.57 bits per heavy atom. The molecule has 144 valence electrons. The number of halogens is 2. The van der Waals surface area contributed by atoms with E-state index in [1.807, 2.05) is 60.7 Å². The molecule has 5 heteroatoms. The van der Waals surface area contributed by atoms with E-state index in [0.29, 0.717) is 21.6 Å². The fourth-order valence-electron chi connectivity index (χ4n) is 3.02. The van der Waals surface area contributed by atoms with Crippen LogP contribution in [-0.2, 0) is 10.5 Å². The standard InChI is InChI=1S/C23H21Cl2NOS/c1-16-8-5-6-11-18(16)23(17-9-3-2-4-10-17)26-22(27)15-28-14-19-20(24)12-7-13-21(19)25/h2-13,23H,14-15H2,1H3,(H,26,27)/t23-/m0/s1. The van der Waals surface area contributed by atoms with E-state index >= 15 is 0 Å². The van der Waals surface area contributed by atoms with Crippen molar-refractivity contribution in [1.29, 1.82) is 0 Å². The van der Waals surface area contributed by atoms with E-state index in [1.165, 1.54) is 11.8 Å². The molecule has 0 saturated heterocycles. The molecule has 0 aromatic heterocycles. The van der Waals surface area contributed by atoms with Gasteiger partial charge in [-0.3, -0.25) is 4.79 Å². The second-order valence-electron chi connectivity index (χ2n) is 6.46. The van der Waals surface area contributed by atoms with Gasteiger partial charge in [0.15, 0.2) is 0 Å². The molecule has 0 aliphatic carbocycles. The highest BCUT2D eigenvalue weighted by Gasteiger charge is 2.18. The van der Waals surface area contributed by atoms with Crippen LogP contribution >= 0.6 is 35.0 Å². The third-order valence-corrected chi connectivity index (χ3v) is 6.15. The molecule has 0 radical (unpaired) electrons. The number of nitrogens with one attached hydrogen (secondary N) is 1. The van der Waals surface area contributed by atoms with Crippen LogP contribution in [0.4, 0.5) is 0 Å². The van der Waals surface area contributed by atoms with E-state index in [1.54, 1.807) is 0 Å². The minimum absolute atomic E-state index is 0.0229. The fourth-order valence-corrected chi connectivity index (χ4v) is 4.59. The lowest BCUT2D eigenvalue weighted by Crippen LogP contribution is -2.31. The lowest BCUT2D eigenvalue weighted by Gasteiger charge is -2.21. The summed E-state index contributed by atoms with van der Waals surface area (Å²) in [6, 6.07) is 23.4. The monoisotopic (exact) mass is 429 g/mol. The Morgan fingerprint density at radius 1 is 0.929 bits per heavy atom. The van der Waals surface area contributed by atoms with Crippen molar-refractivity contribution in [2.45, 2.75) is 18.7 Å². The highest BCUT2D eigenvalue weighted by molar-refractivity contribution is 7.99. The Labute approximate surface area is 180 Å². The molecule has 0 aliphatic heterocycles. The predicted molar refractivity (Wildman–Crippen MR) is 120 cm³/mol. The molecule has 0 bridgehead atoms. The van der Waals surface area contributed by atoms with Gasteiger partial charge in [0.05, 0.1) is 11.8 Å². The van der Waals surface area contributed by atoms with Gasteiger partial charge in [-0.1, -0.05) is 83.9 Å². The quantitative estimate of drug-likeness (QED) is 0.467. The smallest absolute Gasteiger partial charge is 0.230 e. The van der Waals surface area contributed by atoms with Crippen LogP contribution in [0.3, 0.4) is 0 Å². The molecule has 0 heterocycles. The van der Waals surface area contributed by atoms with Gasteiger partial charge >= 0.3 is 0 Å². The third kappa shape index (κ3) is 5.32. The Bertz CT molecular complexity index is 926. The minimum atomic E-state index is -0.181. The lowest BCUT2D eigenvalue weighted by molar-refractivity contribution is -0.119. The van der Waals surface area contributed by atoms with Crippen molar-refractivity contribution >= 4 is 40.9 Å². The summed E-state index contributed by atoms with van der Waals surface area (Å²) in [6.45, 7) is 2.06.